The summed E-state index contributed by atoms with van der Waals surface area (Å²) in [6, 6.07) is 0. The smallest absolute Gasteiger partial charge is 0.332 e. The molecule has 1 fully saturated rings. The number of aliphatic hydroxyl groups is 1. The Labute approximate surface area is 77.3 Å². The van der Waals surface area contributed by atoms with Gasteiger partial charge in [0.25, 0.3) is 0 Å². The maximum atomic E-state index is 10.3. The summed E-state index contributed by atoms with van der Waals surface area (Å²) < 4.78 is 0. The van der Waals surface area contributed by atoms with E-state index in [1.54, 1.807) is 0 Å². The molecule has 1 atom stereocenters. The third-order valence-electron chi connectivity index (χ3n) is 2.16. The number of nitrogens with one attached hydrogen (secondary N) is 1. The van der Waals surface area contributed by atoms with Gasteiger partial charge in [0.1, 0.15) is 0 Å². The van der Waals surface area contributed by atoms with Crippen molar-refractivity contribution in [2.45, 2.75) is 18.9 Å². The van der Waals surface area contributed by atoms with Crippen molar-refractivity contribution < 1.29 is 15.0 Å². The molecule has 0 aromatic carbocycles. The topological polar surface area (TPSA) is 69.6 Å². The van der Waals surface area contributed by atoms with Crippen LogP contribution in [0.5, 0.6) is 0 Å². The fraction of sp³-hybridized carbons (Fsp3) is 0.667. The first-order valence-corrected chi connectivity index (χ1v) is 4.41. The molecule has 0 radical (unpaired) electrons. The molecule has 0 aromatic heterocycles. The van der Waals surface area contributed by atoms with Crippen molar-refractivity contribution in [3.8, 4) is 0 Å². The molecule has 74 valence electrons. The van der Waals surface area contributed by atoms with Crippen LogP contribution in [0.1, 0.15) is 12.8 Å². The third kappa shape index (κ3) is 3.57. The van der Waals surface area contributed by atoms with Crippen LogP contribution < -0.4 is 5.32 Å². The van der Waals surface area contributed by atoms with Gasteiger partial charge in [-0.1, -0.05) is 6.58 Å². The van der Waals surface area contributed by atoms with Crippen LogP contribution in [0.3, 0.4) is 0 Å². The van der Waals surface area contributed by atoms with Crippen molar-refractivity contribution in [1.29, 1.82) is 0 Å². The van der Waals surface area contributed by atoms with Gasteiger partial charge in [-0.3, -0.25) is 0 Å². The maximum absolute atomic E-state index is 10.3. The number of aliphatic carboxylic acids is 1. The molecule has 0 heterocycles. The van der Waals surface area contributed by atoms with Gasteiger partial charge in [-0.05, 0) is 18.8 Å². The monoisotopic (exact) mass is 185 g/mol. The van der Waals surface area contributed by atoms with Gasteiger partial charge in [-0.15, -0.1) is 0 Å². The van der Waals surface area contributed by atoms with Crippen LogP contribution in [0.25, 0.3) is 0 Å². The predicted octanol–water partition coefficient (Wildman–Crippen LogP) is -0.0123. The van der Waals surface area contributed by atoms with Gasteiger partial charge >= 0.3 is 5.97 Å². The van der Waals surface area contributed by atoms with Crippen LogP contribution in [0.2, 0.25) is 0 Å². The van der Waals surface area contributed by atoms with Crippen molar-refractivity contribution in [3.05, 3.63) is 12.2 Å². The van der Waals surface area contributed by atoms with Gasteiger partial charge < -0.3 is 15.5 Å². The molecule has 13 heavy (non-hydrogen) atoms. The molecule has 1 unspecified atom stereocenters. The Morgan fingerprint density at radius 2 is 2.23 bits per heavy atom. The Morgan fingerprint density at radius 1 is 1.62 bits per heavy atom. The molecular formula is C9H15NO3. The van der Waals surface area contributed by atoms with E-state index in [-0.39, 0.29) is 18.2 Å². The molecule has 4 nitrogen and oxygen atoms in total. The Kier molecular flexibility index (Phi) is 3.45. The number of carbonyl (C=O) groups is 1. The zero-order valence-electron chi connectivity index (χ0n) is 7.49. The van der Waals surface area contributed by atoms with Gasteiger partial charge in [-0.2, -0.15) is 0 Å². The normalized spacial score (nSPS) is 18.2. The first-order chi connectivity index (χ1) is 6.11. The third-order valence-corrected chi connectivity index (χ3v) is 2.16. The van der Waals surface area contributed by atoms with Crippen LogP contribution in [-0.2, 0) is 4.79 Å². The van der Waals surface area contributed by atoms with E-state index in [1.807, 2.05) is 0 Å². The SMILES string of the molecule is C=C(CNCC(O)C1CC1)C(=O)O. The van der Waals surface area contributed by atoms with E-state index in [0.717, 1.165) is 12.8 Å². The summed E-state index contributed by atoms with van der Waals surface area (Å²) in [5.41, 5.74) is 0.128. The summed E-state index contributed by atoms with van der Waals surface area (Å²) in [5, 5.41) is 20.7. The van der Waals surface area contributed by atoms with Gasteiger partial charge in [-0.25, -0.2) is 4.79 Å². The Bertz CT molecular complexity index is 211. The molecule has 4 heteroatoms. The molecule has 0 aliphatic heterocycles. The molecule has 1 aliphatic rings. The second-order valence-electron chi connectivity index (χ2n) is 3.44. The summed E-state index contributed by atoms with van der Waals surface area (Å²) in [5.74, 6) is -0.570. The summed E-state index contributed by atoms with van der Waals surface area (Å²) in [4.78, 5) is 10.3. The lowest BCUT2D eigenvalue weighted by Crippen LogP contribution is -2.30. The molecule has 1 rings (SSSR count). The van der Waals surface area contributed by atoms with Crippen LogP contribution in [0.15, 0.2) is 12.2 Å². The molecule has 0 bridgehead atoms. The average molecular weight is 185 g/mol. The van der Waals surface area contributed by atoms with Crippen LogP contribution in [0, 0.1) is 5.92 Å². The van der Waals surface area contributed by atoms with Crippen molar-refractivity contribution in [2.75, 3.05) is 13.1 Å². The number of hydrogen-bond donors (Lipinski definition) is 3. The fourth-order valence-electron chi connectivity index (χ4n) is 1.09. The zero-order chi connectivity index (χ0) is 9.84. The van der Waals surface area contributed by atoms with Crippen molar-refractivity contribution in [2.24, 2.45) is 5.92 Å². The summed E-state index contributed by atoms with van der Waals surface area (Å²) in [7, 11) is 0. The van der Waals surface area contributed by atoms with Crippen molar-refractivity contribution in [1.82, 2.24) is 5.32 Å². The molecule has 1 saturated carbocycles. The van der Waals surface area contributed by atoms with E-state index in [9.17, 15) is 9.90 Å². The standard InChI is InChI=1S/C9H15NO3/c1-6(9(12)13)4-10-5-8(11)7-2-3-7/h7-8,10-11H,1-5H2,(H,12,13). The molecule has 0 spiro atoms. The molecule has 3 N–H and O–H groups in total. The van der Waals surface area contributed by atoms with Gasteiger partial charge in [0.15, 0.2) is 0 Å². The average Bonchev–Trinajstić information content (AvgIpc) is 2.85. The van der Waals surface area contributed by atoms with E-state index in [4.69, 9.17) is 5.11 Å². The maximum Gasteiger partial charge on any atom is 0.332 e. The number of rotatable bonds is 6. The largest absolute Gasteiger partial charge is 0.478 e. The minimum absolute atomic E-state index is 0.128. The molecule has 1 aliphatic carbocycles. The van der Waals surface area contributed by atoms with E-state index in [2.05, 4.69) is 11.9 Å². The fourth-order valence-corrected chi connectivity index (χ4v) is 1.09. The second kappa shape index (κ2) is 4.39. The highest BCUT2D eigenvalue weighted by atomic mass is 16.4. The van der Waals surface area contributed by atoms with E-state index >= 15 is 0 Å². The lowest BCUT2D eigenvalue weighted by molar-refractivity contribution is -0.132. The second-order valence-corrected chi connectivity index (χ2v) is 3.44. The van der Waals surface area contributed by atoms with Crippen LogP contribution in [-0.4, -0.2) is 35.4 Å². The highest BCUT2D eigenvalue weighted by Gasteiger charge is 2.29. The molecule has 0 amide bonds. The van der Waals surface area contributed by atoms with Gasteiger partial charge in [0.05, 0.1) is 6.10 Å². The minimum Gasteiger partial charge on any atom is -0.478 e. The van der Waals surface area contributed by atoms with Gasteiger partial charge in [0, 0.05) is 18.7 Å². The molecule has 0 saturated heterocycles. The first kappa shape index (κ1) is 10.2. The quantitative estimate of drug-likeness (QED) is 0.509. The Balaban J connectivity index is 2.05. The zero-order valence-corrected chi connectivity index (χ0v) is 7.49. The Hall–Kier alpha value is -0.870. The first-order valence-electron chi connectivity index (χ1n) is 4.41. The molecular weight excluding hydrogens is 170 g/mol. The minimum atomic E-state index is -0.992. The van der Waals surface area contributed by atoms with E-state index in [1.165, 1.54) is 0 Å². The lowest BCUT2D eigenvalue weighted by atomic mass is 10.2. The van der Waals surface area contributed by atoms with E-state index in [0.29, 0.717) is 12.5 Å². The number of carboxylic acids is 1. The van der Waals surface area contributed by atoms with Crippen molar-refractivity contribution >= 4 is 5.97 Å². The Morgan fingerprint density at radius 3 is 2.69 bits per heavy atom. The van der Waals surface area contributed by atoms with E-state index < -0.39 is 5.97 Å². The summed E-state index contributed by atoms with van der Waals surface area (Å²) >= 11 is 0. The van der Waals surface area contributed by atoms with Crippen LogP contribution >= 0.6 is 0 Å². The van der Waals surface area contributed by atoms with Gasteiger partial charge in [0.2, 0.25) is 0 Å². The predicted molar refractivity (Wildman–Crippen MR) is 48.4 cm³/mol. The lowest BCUT2D eigenvalue weighted by Gasteiger charge is -2.09. The number of aliphatic hydroxyl groups excluding tert-OH is 1. The van der Waals surface area contributed by atoms with Crippen molar-refractivity contribution in [3.63, 3.8) is 0 Å². The van der Waals surface area contributed by atoms with Crippen LogP contribution in [0.4, 0.5) is 0 Å². The number of hydrogen-bond acceptors (Lipinski definition) is 3. The highest BCUT2D eigenvalue weighted by Crippen LogP contribution is 2.32. The summed E-state index contributed by atoms with van der Waals surface area (Å²) in [6.45, 7) is 4.06. The molecule has 0 aromatic rings. The number of carboxylic acid groups (broad SMARTS) is 1. The summed E-state index contributed by atoms with van der Waals surface area (Å²) in [6.07, 6.45) is 1.84. The highest BCUT2D eigenvalue weighted by molar-refractivity contribution is 5.86.